The lowest BCUT2D eigenvalue weighted by Crippen LogP contribution is -2.30. The Morgan fingerprint density at radius 2 is 1.65 bits per heavy atom. The first-order chi connectivity index (χ1) is 9.56. The van der Waals surface area contributed by atoms with Crippen LogP contribution in [0.3, 0.4) is 0 Å². The third-order valence-electron chi connectivity index (χ3n) is 3.56. The molecule has 2 atom stereocenters. The summed E-state index contributed by atoms with van der Waals surface area (Å²) in [5.41, 5.74) is 1.38. The van der Waals surface area contributed by atoms with Crippen molar-refractivity contribution in [3.63, 3.8) is 0 Å². The molecule has 2 rings (SSSR count). The first kappa shape index (κ1) is 14.3. The number of nitrogens with zero attached hydrogens (tertiary/aromatic N) is 1. The molecular formula is C16H17NO3. The lowest BCUT2D eigenvalue weighted by Gasteiger charge is -2.14. The molecule has 2 amide bonds. The van der Waals surface area contributed by atoms with Crippen LogP contribution >= 0.6 is 0 Å². The molecule has 1 aliphatic heterocycles. The number of anilines is 1. The number of aliphatic hydroxyl groups excluding tert-OH is 1. The van der Waals surface area contributed by atoms with Crippen LogP contribution in [0.5, 0.6) is 0 Å². The van der Waals surface area contributed by atoms with Crippen molar-refractivity contribution < 1.29 is 14.7 Å². The van der Waals surface area contributed by atoms with E-state index in [-0.39, 0.29) is 30.3 Å². The highest BCUT2D eigenvalue weighted by molar-refractivity contribution is 6.21. The zero-order valence-electron chi connectivity index (χ0n) is 11.6. The maximum atomic E-state index is 12.1. The molecule has 20 heavy (non-hydrogen) atoms. The maximum Gasteiger partial charge on any atom is 0.237 e. The van der Waals surface area contributed by atoms with Crippen molar-refractivity contribution in [2.75, 3.05) is 11.5 Å². The first-order valence-corrected chi connectivity index (χ1v) is 6.64. The van der Waals surface area contributed by atoms with Gasteiger partial charge in [0.25, 0.3) is 0 Å². The fourth-order valence-corrected chi connectivity index (χ4v) is 2.11. The quantitative estimate of drug-likeness (QED) is 0.656. The van der Waals surface area contributed by atoms with Crippen LogP contribution in [0, 0.1) is 23.7 Å². The molecule has 0 bridgehead atoms. The van der Waals surface area contributed by atoms with Crippen LogP contribution in [-0.2, 0) is 9.59 Å². The van der Waals surface area contributed by atoms with Crippen molar-refractivity contribution >= 4 is 17.5 Å². The van der Waals surface area contributed by atoms with E-state index in [1.165, 1.54) is 4.90 Å². The minimum Gasteiger partial charge on any atom is -0.395 e. The standard InChI is InChI=1S/C16H17NO3/c1-11-12(2)16(20)17(15(11)19)14-8-6-13(7-9-14)5-3-4-10-18/h6-9,11-12,18H,4,10H2,1-2H3. The number of benzene rings is 1. The molecule has 1 heterocycles. The van der Waals surface area contributed by atoms with Crippen molar-refractivity contribution in [2.45, 2.75) is 20.3 Å². The zero-order valence-corrected chi connectivity index (χ0v) is 11.6. The van der Waals surface area contributed by atoms with E-state index in [0.29, 0.717) is 12.1 Å². The smallest absolute Gasteiger partial charge is 0.237 e. The third-order valence-corrected chi connectivity index (χ3v) is 3.56. The number of amides is 2. The Bertz CT molecular complexity index is 560. The number of rotatable bonds is 2. The van der Waals surface area contributed by atoms with E-state index in [2.05, 4.69) is 11.8 Å². The highest BCUT2D eigenvalue weighted by Gasteiger charge is 2.42. The van der Waals surface area contributed by atoms with Gasteiger partial charge in [0.05, 0.1) is 12.3 Å². The second-order valence-corrected chi connectivity index (χ2v) is 4.91. The van der Waals surface area contributed by atoms with Crippen LogP contribution in [0.15, 0.2) is 24.3 Å². The topological polar surface area (TPSA) is 57.6 Å². The van der Waals surface area contributed by atoms with E-state index in [1.807, 2.05) is 0 Å². The zero-order chi connectivity index (χ0) is 14.7. The third kappa shape index (κ3) is 2.59. The van der Waals surface area contributed by atoms with E-state index in [1.54, 1.807) is 38.1 Å². The minimum atomic E-state index is -0.272. The minimum absolute atomic E-state index is 0.0393. The van der Waals surface area contributed by atoms with Gasteiger partial charge in [0, 0.05) is 23.8 Å². The summed E-state index contributed by atoms with van der Waals surface area (Å²) in [6.45, 7) is 3.59. The Morgan fingerprint density at radius 1 is 1.10 bits per heavy atom. The second-order valence-electron chi connectivity index (χ2n) is 4.91. The van der Waals surface area contributed by atoms with E-state index in [9.17, 15) is 9.59 Å². The average molecular weight is 271 g/mol. The summed E-state index contributed by atoms with van der Waals surface area (Å²) in [4.78, 5) is 25.4. The predicted octanol–water partition coefficient (Wildman–Crippen LogP) is 1.57. The Labute approximate surface area is 118 Å². The van der Waals surface area contributed by atoms with E-state index in [4.69, 9.17) is 5.11 Å². The number of hydrogen-bond donors (Lipinski definition) is 1. The van der Waals surface area contributed by atoms with Gasteiger partial charge < -0.3 is 5.11 Å². The Balaban J connectivity index is 2.21. The molecule has 1 aromatic rings. The molecule has 0 spiro atoms. The molecule has 1 N–H and O–H groups in total. The van der Waals surface area contributed by atoms with Gasteiger partial charge in [-0.05, 0) is 24.3 Å². The molecule has 4 heteroatoms. The van der Waals surface area contributed by atoms with Gasteiger partial charge >= 0.3 is 0 Å². The number of imide groups is 1. The van der Waals surface area contributed by atoms with Crippen LogP contribution in [0.25, 0.3) is 0 Å². The molecule has 1 saturated heterocycles. The monoisotopic (exact) mass is 271 g/mol. The Morgan fingerprint density at radius 3 is 2.15 bits per heavy atom. The van der Waals surface area contributed by atoms with Crippen molar-refractivity contribution in [3.8, 4) is 11.8 Å². The van der Waals surface area contributed by atoms with E-state index in [0.717, 1.165) is 5.56 Å². The van der Waals surface area contributed by atoms with Crippen molar-refractivity contribution in [1.29, 1.82) is 0 Å². The van der Waals surface area contributed by atoms with Crippen molar-refractivity contribution in [2.24, 2.45) is 11.8 Å². The summed E-state index contributed by atoms with van der Waals surface area (Å²) in [6.07, 6.45) is 0.430. The lowest BCUT2D eigenvalue weighted by atomic mass is 10.00. The van der Waals surface area contributed by atoms with Crippen molar-refractivity contribution in [1.82, 2.24) is 0 Å². The highest BCUT2D eigenvalue weighted by atomic mass is 16.2. The van der Waals surface area contributed by atoms with Gasteiger partial charge in [0.15, 0.2) is 0 Å². The van der Waals surface area contributed by atoms with Crippen LogP contribution < -0.4 is 4.90 Å². The van der Waals surface area contributed by atoms with Gasteiger partial charge in [-0.25, -0.2) is 0 Å². The molecule has 0 aliphatic carbocycles. The van der Waals surface area contributed by atoms with Crippen LogP contribution in [0.2, 0.25) is 0 Å². The van der Waals surface area contributed by atoms with E-state index >= 15 is 0 Å². The summed E-state index contributed by atoms with van der Waals surface area (Å²) >= 11 is 0. The normalized spacial score (nSPS) is 21.9. The maximum absolute atomic E-state index is 12.1. The molecule has 0 saturated carbocycles. The number of hydrogen-bond acceptors (Lipinski definition) is 3. The van der Waals surface area contributed by atoms with Gasteiger partial charge in [-0.1, -0.05) is 25.7 Å². The summed E-state index contributed by atoms with van der Waals surface area (Å²) in [5.74, 6) is 4.88. The van der Waals surface area contributed by atoms with Gasteiger partial charge in [0.1, 0.15) is 0 Å². The second kappa shape index (κ2) is 5.89. The number of aliphatic hydroxyl groups is 1. The summed E-state index contributed by atoms with van der Waals surface area (Å²) in [7, 11) is 0. The first-order valence-electron chi connectivity index (χ1n) is 6.64. The number of carbonyl (C=O) groups excluding carboxylic acids is 2. The van der Waals surface area contributed by atoms with Gasteiger partial charge in [0.2, 0.25) is 11.8 Å². The van der Waals surface area contributed by atoms with Crippen molar-refractivity contribution in [3.05, 3.63) is 29.8 Å². The largest absolute Gasteiger partial charge is 0.395 e. The van der Waals surface area contributed by atoms with Crippen LogP contribution in [-0.4, -0.2) is 23.5 Å². The van der Waals surface area contributed by atoms with Crippen LogP contribution in [0.1, 0.15) is 25.8 Å². The van der Waals surface area contributed by atoms with Gasteiger partial charge in [-0.15, -0.1) is 0 Å². The van der Waals surface area contributed by atoms with Gasteiger partial charge in [-0.2, -0.15) is 0 Å². The molecule has 104 valence electrons. The molecular weight excluding hydrogens is 254 g/mol. The number of carbonyl (C=O) groups is 2. The summed E-state index contributed by atoms with van der Waals surface area (Å²) < 4.78 is 0. The molecule has 4 nitrogen and oxygen atoms in total. The predicted molar refractivity (Wildman–Crippen MR) is 75.8 cm³/mol. The summed E-state index contributed by atoms with van der Waals surface area (Å²) in [5, 5.41) is 8.66. The molecule has 1 aromatic carbocycles. The fourth-order valence-electron chi connectivity index (χ4n) is 2.11. The molecule has 1 fully saturated rings. The lowest BCUT2D eigenvalue weighted by molar-refractivity contribution is -0.122. The summed E-state index contributed by atoms with van der Waals surface area (Å²) in [6, 6.07) is 6.99. The molecule has 0 aromatic heterocycles. The highest BCUT2D eigenvalue weighted by Crippen LogP contribution is 2.30. The molecule has 0 radical (unpaired) electrons. The van der Waals surface area contributed by atoms with Gasteiger partial charge in [-0.3, -0.25) is 14.5 Å². The van der Waals surface area contributed by atoms with E-state index < -0.39 is 0 Å². The van der Waals surface area contributed by atoms with Crippen LogP contribution in [0.4, 0.5) is 5.69 Å². The SMILES string of the molecule is CC1C(=O)N(c2ccc(C#CCCO)cc2)C(=O)C1C. The Hall–Kier alpha value is -2.12. The molecule has 2 unspecified atom stereocenters. The fraction of sp³-hybridized carbons (Fsp3) is 0.375. The average Bonchev–Trinajstić information content (AvgIpc) is 2.65. The Kier molecular flexibility index (Phi) is 4.21. The molecule has 1 aliphatic rings.